The number of nitrogens with one attached hydrogen (secondary N) is 1. The van der Waals surface area contributed by atoms with Gasteiger partial charge in [-0.05, 0) is 39.7 Å². The Morgan fingerprint density at radius 1 is 1.16 bits per heavy atom. The zero-order valence-corrected chi connectivity index (χ0v) is 13.4. The minimum absolute atomic E-state index is 0.330. The number of rotatable bonds is 4. The molecule has 2 rings (SSSR count). The molecule has 2 fully saturated rings. The van der Waals surface area contributed by atoms with Crippen molar-refractivity contribution >= 4 is 0 Å². The lowest BCUT2D eigenvalue weighted by Gasteiger charge is -2.45. The van der Waals surface area contributed by atoms with Crippen molar-refractivity contribution in [2.24, 2.45) is 5.92 Å². The van der Waals surface area contributed by atoms with E-state index in [-0.39, 0.29) is 0 Å². The molecule has 1 saturated carbocycles. The molecule has 0 aromatic rings. The van der Waals surface area contributed by atoms with Gasteiger partial charge in [0.1, 0.15) is 0 Å². The molecule has 0 spiro atoms. The summed E-state index contributed by atoms with van der Waals surface area (Å²) in [7, 11) is 2.25. The summed E-state index contributed by atoms with van der Waals surface area (Å²) in [5.41, 5.74) is 0.330. The molecule has 2 aliphatic rings. The van der Waals surface area contributed by atoms with Crippen LogP contribution in [0.1, 0.15) is 46.5 Å². The van der Waals surface area contributed by atoms with Gasteiger partial charge in [0.15, 0.2) is 0 Å². The first kappa shape index (κ1) is 15.3. The molecule has 112 valence electrons. The van der Waals surface area contributed by atoms with E-state index in [1.54, 1.807) is 0 Å². The zero-order valence-electron chi connectivity index (χ0n) is 13.4. The summed E-state index contributed by atoms with van der Waals surface area (Å²) in [5.74, 6) is 0.873. The standard InChI is InChI=1S/C16H33N3/c1-14-7-5-6-8-15(14)17-9-10-19-12-11-18(4)16(2,3)13-19/h14-15,17H,5-13H2,1-4H3. The molecule has 2 unspecified atom stereocenters. The first-order valence-electron chi connectivity index (χ1n) is 8.16. The quantitative estimate of drug-likeness (QED) is 0.842. The molecule has 1 saturated heterocycles. The van der Waals surface area contributed by atoms with Crippen LogP contribution in [0.15, 0.2) is 0 Å². The second-order valence-corrected chi connectivity index (χ2v) is 7.33. The minimum Gasteiger partial charge on any atom is -0.312 e. The van der Waals surface area contributed by atoms with Gasteiger partial charge in [-0.15, -0.1) is 0 Å². The van der Waals surface area contributed by atoms with Crippen molar-refractivity contribution in [3.05, 3.63) is 0 Å². The van der Waals surface area contributed by atoms with Gasteiger partial charge in [0.05, 0.1) is 0 Å². The van der Waals surface area contributed by atoms with Crippen molar-refractivity contribution in [2.75, 3.05) is 39.8 Å². The lowest BCUT2D eigenvalue weighted by atomic mass is 9.86. The molecule has 1 N–H and O–H groups in total. The summed E-state index contributed by atoms with van der Waals surface area (Å²) in [4.78, 5) is 5.11. The maximum atomic E-state index is 3.80. The van der Waals surface area contributed by atoms with Crippen molar-refractivity contribution in [3.63, 3.8) is 0 Å². The topological polar surface area (TPSA) is 18.5 Å². The average Bonchev–Trinajstić information content (AvgIpc) is 2.36. The summed E-state index contributed by atoms with van der Waals surface area (Å²) in [6, 6.07) is 0.772. The van der Waals surface area contributed by atoms with E-state index in [0.29, 0.717) is 5.54 Å². The molecule has 3 nitrogen and oxygen atoms in total. The van der Waals surface area contributed by atoms with Gasteiger partial charge in [0, 0.05) is 44.3 Å². The molecule has 0 aromatic carbocycles. The molecular formula is C16H33N3. The van der Waals surface area contributed by atoms with E-state index in [0.717, 1.165) is 18.5 Å². The molecule has 2 atom stereocenters. The predicted molar refractivity (Wildman–Crippen MR) is 82.6 cm³/mol. The van der Waals surface area contributed by atoms with Gasteiger partial charge >= 0.3 is 0 Å². The summed E-state index contributed by atoms with van der Waals surface area (Å²) in [6.07, 6.45) is 5.66. The Bertz CT molecular complexity index is 277. The number of piperazine rings is 1. The summed E-state index contributed by atoms with van der Waals surface area (Å²) < 4.78 is 0. The van der Waals surface area contributed by atoms with Crippen LogP contribution in [-0.2, 0) is 0 Å². The van der Waals surface area contributed by atoms with Crippen LogP contribution in [0.4, 0.5) is 0 Å². The van der Waals surface area contributed by atoms with Crippen LogP contribution >= 0.6 is 0 Å². The van der Waals surface area contributed by atoms with Crippen molar-refractivity contribution in [1.82, 2.24) is 15.1 Å². The van der Waals surface area contributed by atoms with E-state index >= 15 is 0 Å². The highest BCUT2D eigenvalue weighted by atomic mass is 15.3. The maximum absolute atomic E-state index is 3.80. The second-order valence-electron chi connectivity index (χ2n) is 7.33. The predicted octanol–water partition coefficient (Wildman–Crippen LogP) is 2.18. The van der Waals surface area contributed by atoms with Crippen molar-refractivity contribution in [3.8, 4) is 0 Å². The van der Waals surface area contributed by atoms with Crippen molar-refractivity contribution < 1.29 is 0 Å². The first-order valence-corrected chi connectivity index (χ1v) is 8.16. The highest BCUT2D eigenvalue weighted by Crippen LogP contribution is 2.23. The number of nitrogens with zero attached hydrogens (tertiary/aromatic N) is 2. The van der Waals surface area contributed by atoms with E-state index in [4.69, 9.17) is 0 Å². The minimum atomic E-state index is 0.330. The number of likely N-dealkylation sites (N-methyl/N-ethyl adjacent to an activating group) is 1. The molecule has 3 heteroatoms. The normalized spacial score (nSPS) is 33.5. The van der Waals surface area contributed by atoms with Gasteiger partial charge in [0.25, 0.3) is 0 Å². The molecule has 1 aliphatic heterocycles. The van der Waals surface area contributed by atoms with E-state index in [1.807, 2.05) is 0 Å². The number of hydrogen-bond acceptors (Lipinski definition) is 3. The third-order valence-corrected chi connectivity index (χ3v) is 5.34. The third kappa shape index (κ3) is 4.17. The van der Waals surface area contributed by atoms with Gasteiger partial charge in [-0.25, -0.2) is 0 Å². The summed E-state index contributed by atoms with van der Waals surface area (Å²) in [5, 5.41) is 3.80. The third-order valence-electron chi connectivity index (χ3n) is 5.34. The van der Waals surface area contributed by atoms with Crippen LogP contribution < -0.4 is 5.32 Å². The molecule has 0 bridgehead atoms. The van der Waals surface area contributed by atoms with E-state index in [2.05, 4.69) is 42.9 Å². The summed E-state index contributed by atoms with van der Waals surface area (Å²) >= 11 is 0. The van der Waals surface area contributed by atoms with Gasteiger partial charge in [0.2, 0.25) is 0 Å². The van der Waals surface area contributed by atoms with Crippen LogP contribution in [0.25, 0.3) is 0 Å². The monoisotopic (exact) mass is 267 g/mol. The largest absolute Gasteiger partial charge is 0.312 e. The van der Waals surface area contributed by atoms with Crippen molar-refractivity contribution in [2.45, 2.75) is 58.0 Å². The highest BCUT2D eigenvalue weighted by molar-refractivity contribution is 4.88. The fourth-order valence-electron chi connectivity index (χ4n) is 3.56. The fraction of sp³-hybridized carbons (Fsp3) is 1.00. The fourth-order valence-corrected chi connectivity index (χ4v) is 3.56. The van der Waals surface area contributed by atoms with Crippen LogP contribution in [-0.4, -0.2) is 61.2 Å². The molecule has 0 amide bonds. The molecular weight excluding hydrogens is 234 g/mol. The highest BCUT2D eigenvalue weighted by Gasteiger charge is 2.30. The number of hydrogen-bond donors (Lipinski definition) is 1. The van der Waals surface area contributed by atoms with Crippen LogP contribution in [0.3, 0.4) is 0 Å². The lowest BCUT2D eigenvalue weighted by Crippen LogP contribution is -2.58. The van der Waals surface area contributed by atoms with E-state index < -0.39 is 0 Å². The van der Waals surface area contributed by atoms with Gasteiger partial charge in [-0.3, -0.25) is 9.80 Å². The molecule has 19 heavy (non-hydrogen) atoms. The molecule has 0 radical (unpaired) electrons. The molecule has 1 aliphatic carbocycles. The van der Waals surface area contributed by atoms with Crippen LogP contribution in [0.2, 0.25) is 0 Å². The Balaban J connectivity index is 1.68. The Kier molecular flexibility index (Phi) is 5.27. The van der Waals surface area contributed by atoms with Gasteiger partial charge in [-0.1, -0.05) is 19.8 Å². The Hall–Kier alpha value is -0.120. The maximum Gasteiger partial charge on any atom is 0.0277 e. The Morgan fingerprint density at radius 3 is 2.58 bits per heavy atom. The van der Waals surface area contributed by atoms with Crippen LogP contribution in [0, 0.1) is 5.92 Å². The van der Waals surface area contributed by atoms with E-state index in [9.17, 15) is 0 Å². The smallest absolute Gasteiger partial charge is 0.0277 e. The Labute approximate surface area is 119 Å². The van der Waals surface area contributed by atoms with Crippen LogP contribution in [0.5, 0.6) is 0 Å². The van der Waals surface area contributed by atoms with E-state index in [1.165, 1.54) is 51.9 Å². The molecule has 0 aromatic heterocycles. The first-order chi connectivity index (χ1) is 8.99. The molecule has 1 heterocycles. The lowest BCUT2D eigenvalue weighted by molar-refractivity contribution is 0.0399. The van der Waals surface area contributed by atoms with Gasteiger partial charge < -0.3 is 5.32 Å². The Morgan fingerprint density at radius 2 is 1.89 bits per heavy atom. The van der Waals surface area contributed by atoms with Gasteiger partial charge in [-0.2, -0.15) is 0 Å². The average molecular weight is 267 g/mol. The van der Waals surface area contributed by atoms with Crippen molar-refractivity contribution in [1.29, 1.82) is 0 Å². The summed E-state index contributed by atoms with van der Waals surface area (Å²) in [6.45, 7) is 13.1. The SMILES string of the molecule is CC1CCCCC1NCCN1CCN(C)C(C)(C)C1. The second kappa shape index (κ2) is 6.55. The zero-order chi connectivity index (χ0) is 13.9.